The number of hydrogen-bond acceptors (Lipinski definition) is 3. The molecule has 134 valence electrons. The zero-order valence-corrected chi connectivity index (χ0v) is 15.2. The highest BCUT2D eigenvalue weighted by Gasteiger charge is 2.59. The van der Waals surface area contributed by atoms with Crippen molar-refractivity contribution in [2.24, 2.45) is 10.4 Å². The van der Waals surface area contributed by atoms with Gasteiger partial charge in [0.05, 0.1) is 6.10 Å². The third-order valence-electron chi connectivity index (χ3n) is 6.78. The molecular formula is C19H32N4O. The van der Waals surface area contributed by atoms with Crippen molar-refractivity contribution in [1.82, 2.24) is 15.1 Å². The Balaban J connectivity index is 1.34. The average Bonchev–Trinajstić information content (AvgIpc) is 3.19. The molecule has 1 saturated heterocycles. The molecule has 0 aromatic heterocycles. The Morgan fingerprint density at radius 3 is 2.75 bits per heavy atom. The fraction of sp³-hybridized carbons (Fsp3) is 0.842. The normalized spacial score (nSPS) is 35.3. The van der Waals surface area contributed by atoms with E-state index in [9.17, 15) is 0 Å². The molecule has 24 heavy (non-hydrogen) atoms. The van der Waals surface area contributed by atoms with Gasteiger partial charge in [0.2, 0.25) is 0 Å². The lowest BCUT2D eigenvalue weighted by atomic mass is 9.51. The first-order valence-corrected chi connectivity index (χ1v) is 9.75. The van der Waals surface area contributed by atoms with E-state index in [1.165, 1.54) is 25.7 Å². The highest BCUT2D eigenvalue weighted by atomic mass is 16.5. The Morgan fingerprint density at radius 1 is 1.33 bits per heavy atom. The monoisotopic (exact) mass is 332 g/mol. The summed E-state index contributed by atoms with van der Waals surface area (Å²) in [6, 6.07) is 1.22. The third kappa shape index (κ3) is 2.66. The molecule has 3 atom stereocenters. The molecule has 2 aliphatic heterocycles. The van der Waals surface area contributed by atoms with Gasteiger partial charge in [-0.15, -0.1) is 0 Å². The summed E-state index contributed by atoms with van der Waals surface area (Å²) in [7, 11) is 1.93. The van der Waals surface area contributed by atoms with Crippen LogP contribution in [0.5, 0.6) is 0 Å². The molecule has 0 aromatic carbocycles. The number of hydrogen-bond donors (Lipinski definition) is 1. The SMILES string of the molecule is CCOC1CC(NC(=NC)N2CCC(N3CC=CC3)C2)C12CCC2. The number of guanidine groups is 1. The molecule has 4 rings (SSSR count). The molecule has 5 nitrogen and oxygen atoms in total. The molecule has 2 heterocycles. The van der Waals surface area contributed by atoms with E-state index >= 15 is 0 Å². The van der Waals surface area contributed by atoms with E-state index in [0.29, 0.717) is 23.6 Å². The van der Waals surface area contributed by atoms with Crippen LogP contribution < -0.4 is 5.32 Å². The van der Waals surface area contributed by atoms with Gasteiger partial charge in [0.1, 0.15) is 0 Å². The predicted molar refractivity (Wildman–Crippen MR) is 97.3 cm³/mol. The summed E-state index contributed by atoms with van der Waals surface area (Å²) in [5, 5.41) is 3.80. The Bertz CT molecular complexity index is 505. The van der Waals surface area contributed by atoms with E-state index in [2.05, 4.69) is 39.2 Å². The van der Waals surface area contributed by atoms with Crippen molar-refractivity contribution in [3.05, 3.63) is 12.2 Å². The van der Waals surface area contributed by atoms with E-state index in [0.717, 1.165) is 45.2 Å². The lowest BCUT2D eigenvalue weighted by molar-refractivity contribution is -0.168. The molecule has 2 aliphatic carbocycles. The molecule has 2 saturated carbocycles. The van der Waals surface area contributed by atoms with Crippen LogP contribution in [0.15, 0.2) is 17.1 Å². The Kier molecular flexibility index (Phi) is 4.56. The quantitative estimate of drug-likeness (QED) is 0.485. The Labute approximate surface area is 146 Å². The summed E-state index contributed by atoms with van der Waals surface area (Å²) < 4.78 is 5.98. The zero-order chi connectivity index (χ0) is 16.6. The number of nitrogens with one attached hydrogen (secondary N) is 1. The summed E-state index contributed by atoms with van der Waals surface area (Å²) in [5.74, 6) is 1.11. The maximum absolute atomic E-state index is 5.98. The van der Waals surface area contributed by atoms with Gasteiger partial charge >= 0.3 is 0 Å². The number of nitrogens with zero attached hydrogens (tertiary/aromatic N) is 3. The second-order valence-corrected chi connectivity index (χ2v) is 7.82. The fourth-order valence-corrected chi connectivity index (χ4v) is 5.12. The minimum absolute atomic E-state index is 0.393. The Hall–Kier alpha value is -1.07. The second kappa shape index (κ2) is 6.68. The molecule has 3 fully saturated rings. The van der Waals surface area contributed by atoms with Crippen LogP contribution in [0, 0.1) is 5.41 Å². The van der Waals surface area contributed by atoms with Crippen molar-refractivity contribution >= 4 is 5.96 Å². The van der Waals surface area contributed by atoms with Crippen molar-refractivity contribution in [3.8, 4) is 0 Å². The van der Waals surface area contributed by atoms with Gasteiger partial charge in [0, 0.05) is 57.3 Å². The van der Waals surface area contributed by atoms with Crippen molar-refractivity contribution < 1.29 is 4.74 Å². The van der Waals surface area contributed by atoms with Gasteiger partial charge in [-0.1, -0.05) is 18.6 Å². The maximum Gasteiger partial charge on any atom is 0.193 e. The first-order chi connectivity index (χ1) is 11.8. The van der Waals surface area contributed by atoms with Crippen LogP contribution in [0.25, 0.3) is 0 Å². The first kappa shape index (κ1) is 16.4. The van der Waals surface area contributed by atoms with Gasteiger partial charge in [-0.2, -0.15) is 0 Å². The van der Waals surface area contributed by atoms with Gasteiger partial charge < -0.3 is 15.0 Å². The van der Waals surface area contributed by atoms with Gasteiger partial charge in [-0.25, -0.2) is 0 Å². The number of likely N-dealkylation sites (tertiary alicyclic amines) is 1. The second-order valence-electron chi connectivity index (χ2n) is 7.82. The zero-order valence-electron chi connectivity index (χ0n) is 15.2. The molecule has 3 unspecified atom stereocenters. The Morgan fingerprint density at radius 2 is 2.12 bits per heavy atom. The van der Waals surface area contributed by atoms with Crippen molar-refractivity contribution in [1.29, 1.82) is 0 Å². The summed E-state index contributed by atoms with van der Waals surface area (Å²) in [5.41, 5.74) is 0.393. The topological polar surface area (TPSA) is 40.1 Å². The average molecular weight is 332 g/mol. The lowest BCUT2D eigenvalue weighted by Crippen LogP contribution is -2.68. The molecule has 0 bridgehead atoms. The van der Waals surface area contributed by atoms with E-state index < -0.39 is 0 Å². The highest BCUT2D eigenvalue weighted by Crippen LogP contribution is 2.57. The molecule has 0 aromatic rings. The van der Waals surface area contributed by atoms with Crippen LogP contribution in [0.2, 0.25) is 0 Å². The van der Waals surface area contributed by atoms with E-state index in [1.807, 2.05) is 7.05 Å². The molecule has 0 amide bonds. The van der Waals surface area contributed by atoms with Crippen LogP contribution in [-0.4, -0.2) is 73.8 Å². The smallest absolute Gasteiger partial charge is 0.193 e. The lowest BCUT2D eigenvalue weighted by Gasteiger charge is -2.61. The van der Waals surface area contributed by atoms with Crippen LogP contribution in [-0.2, 0) is 4.74 Å². The summed E-state index contributed by atoms with van der Waals surface area (Å²) in [4.78, 5) is 9.64. The summed E-state index contributed by atoms with van der Waals surface area (Å²) in [6.07, 6.45) is 11.4. The largest absolute Gasteiger partial charge is 0.378 e. The van der Waals surface area contributed by atoms with E-state index in [-0.39, 0.29) is 0 Å². The maximum atomic E-state index is 5.98. The molecule has 5 heteroatoms. The van der Waals surface area contributed by atoms with Crippen LogP contribution in [0.3, 0.4) is 0 Å². The van der Waals surface area contributed by atoms with Crippen molar-refractivity contribution in [2.75, 3.05) is 39.8 Å². The van der Waals surface area contributed by atoms with Gasteiger partial charge in [0.15, 0.2) is 5.96 Å². The fourth-order valence-electron chi connectivity index (χ4n) is 5.12. The van der Waals surface area contributed by atoms with Gasteiger partial charge in [0.25, 0.3) is 0 Å². The first-order valence-electron chi connectivity index (χ1n) is 9.75. The summed E-state index contributed by atoms with van der Waals surface area (Å²) in [6.45, 7) is 7.42. The molecule has 4 aliphatic rings. The minimum atomic E-state index is 0.393. The highest BCUT2D eigenvalue weighted by molar-refractivity contribution is 5.80. The number of aliphatic imine (C=N–C) groups is 1. The van der Waals surface area contributed by atoms with Crippen molar-refractivity contribution in [2.45, 2.75) is 57.2 Å². The molecule has 1 N–H and O–H groups in total. The molecule has 0 radical (unpaired) electrons. The molecular weight excluding hydrogens is 300 g/mol. The van der Waals surface area contributed by atoms with Crippen molar-refractivity contribution in [3.63, 3.8) is 0 Å². The van der Waals surface area contributed by atoms with E-state index in [4.69, 9.17) is 4.74 Å². The third-order valence-corrected chi connectivity index (χ3v) is 6.78. The van der Waals surface area contributed by atoms with Crippen LogP contribution in [0.1, 0.15) is 39.0 Å². The standard InChI is InChI=1S/C19H32N4O/c1-3-24-17-13-16(19(17)8-6-9-19)21-18(20-2)23-12-7-15(14-23)22-10-4-5-11-22/h4-5,15-17H,3,6-14H2,1-2H3,(H,20,21). The predicted octanol–water partition coefficient (Wildman–Crippen LogP) is 1.86. The van der Waals surface area contributed by atoms with Gasteiger partial charge in [-0.05, 0) is 32.6 Å². The number of ether oxygens (including phenoxy) is 1. The minimum Gasteiger partial charge on any atom is -0.378 e. The van der Waals surface area contributed by atoms with E-state index in [1.54, 1.807) is 0 Å². The van der Waals surface area contributed by atoms with Crippen LogP contribution >= 0.6 is 0 Å². The molecule has 1 spiro atoms. The number of rotatable bonds is 4. The van der Waals surface area contributed by atoms with Crippen LogP contribution in [0.4, 0.5) is 0 Å². The summed E-state index contributed by atoms with van der Waals surface area (Å²) >= 11 is 0. The van der Waals surface area contributed by atoms with Gasteiger partial charge in [-0.3, -0.25) is 9.89 Å².